The lowest BCUT2D eigenvalue weighted by molar-refractivity contribution is -0.148. The number of rotatable bonds is 3. The summed E-state index contributed by atoms with van der Waals surface area (Å²) in [5.74, 6) is -0.106. The molecule has 2 fully saturated rings. The molecule has 1 aliphatic heterocycles. The van der Waals surface area contributed by atoms with Crippen LogP contribution in [0.15, 0.2) is 0 Å². The molecule has 1 N–H and O–H groups in total. The van der Waals surface area contributed by atoms with Crippen LogP contribution in [-0.2, 0) is 9.53 Å². The lowest BCUT2D eigenvalue weighted by Gasteiger charge is -2.27. The van der Waals surface area contributed by atoms with Crippen LogP contribution in [0.25, 0.3) is 0 Å². The van der Waals surface area contributed by atoms with Crippen LogP contribution in [0.2, 0.25) is 0 Å². The Hall–Kier alpha value is -0.610. The van der Waals surface area contributed by atoms with Gasteiger partial charge in [-0.2, -0.15) is 0 Å². The van der Waals surface area contributed by atoms with Crippen LogP contribution in [0, 0.1) is 0 Å². The van der Waals surface area contributed by atoms with Crippen molar-refractivity contribution in [2.24, 2.45) is 0 Å². The second-order valence-electron chi connectivity index (χ2n) is 4.96. The zero-order valence-corrected chi connectivity index (χ0v) is 9.75. The molecule has 0 radical (unpaired) electrons. The molecule has 1 saturated heterocycles. The molecular weight excluding hydrogens is 192 g/mol. The van der Waals surface area contributed by atoms with E-state index in [2.05, 4.69) is 24.2 Å². The molecule has 4 heteroatoms. The van der Waals surface area contributed by atoms with E-state index in [0.717, 1.165) is 13.0 Å². The van der Waals surface area contributed by atoms with Crippen LogP contribution in [0.1, 0.15) is 26.2 Å². The smallest absolute Gasteiger partial charge is 0.327 e. The first-order chi connectivity index (χ1) is 7.07. The Balaban J connectivity index is 2.11. The number of nitrogens with one attached hydrogen (secondary N) is 1. The first-order valence-corrected chi connectivity index (χ1v) is 5.64. The number of likely N-dealkylation sites (N-methyl/N-ethyl adjacent to an activating group) is 1. The van der Waals surface area contributed by atoms with Crippen molar-refractivity contribution in [2.45, 2.75) is 43.8 Å². The molecule has 1 heterocycles. The van der Waals surface area contributed by atoms with Crippen LogP contribution in [0.5, 0.6) is 0 Å². The molecule has 2 unspecified atom stereocenters. The Labute approximate surface area is 91.0 Å². The second kappa shape index (κ2) is 3.76. The summed E-state index contributed by atoms with van der Waals surface area (Å²) < 4.78 is 4.93. The van der Waals surface area contributed by atoms with Crippen molar-refractivity contribution in [2.75, 3.05) is 20.7 Å². The molecule has 2 atom stereocenters. The fourth-order valence-electron chi connectivity index (χ4n) is 2.43. The van der Waals surface area contributed by atoms with E-state index < -0.39 is 5.54 Å². The van der Waals surface area contributed by atoms with E-state index in [9.17, 15) is 4.79 Å². The average molecular weight is 212 g/mol. The summed E-state index contributed by atoms with van der Waals surface area (Å²) in [6.45, 7) is 2.91. The molecule has 1 saturated carbocycles. The lowest BCUT2D eigenvalue weighted by atomic mass is 9.96. The summed E-state index contributed by atoms with van der Waals surface area (Å²) in [7, 11) is 3.53. The number of carbonyl (C=O) groups is 1. The first kappa shape index (κ1) is 10.9. The van der Waals surface area contributed by atoms with E-state index in [1.165, 1.54) is 20.0 Å². The quantitative estimate of drug-likeness (QED) is 0.686. The number of nitrogens with zero attached hydrogens (tertiary/aromatic N) is 1. The number of hydrogen-bond donors (Lipinski definition) is 1. The Bertz CT molecular complexity index is 248. The van der Waals surface area contributed by atoms with Gasteiger partial charge in [-0.1, -0.05) is 0 Å². The largest absolute Gasteiger partial charge is 0.468 e. The number of likely N-dealkylation sites (tertiary alicyclic amines) is 1. The van der Waals surface area contributed by atoms with Gasteiger partial charge in [-0.3, -0.25) is 10.1 Å². The number of ether oxygens (including phenoxy) is 1. The van der Waals surface area contributed by atoms with Gasteiger partial charge in [0.05, 0.1) is 7.11 Å². The maximum absolute atomic E-state index is 11.9. The second-order valence-corrected chi connectivity index (χ2v) is 4.96. The summed E-state index contributed by atoms with van der Waals surface area (Å²) in [5, 5.41) is 3.46. The van der Waals surface area contributed by atoms with E-state index >= 15 is 0 Å². The van der Waals surface area contributed by atoms with Gasteiger partial charge in [0, 0.05) is 18.6 Å². The summed E-state index contributed by atoms with van der Waals surface area (Å²) in [6.07, 6.45) is 3.24. The maximum Gasteiger partial charge on any atom is 0.327 e. The van der Waals surface area contributed by atoms with Crippen LogP contribution >= 0.6 is 0 Å². The molecular formula is C11H20N2O2. The van der Waals surface area contributed by atoms with E-state index in [-0.39, 0.29) is 5.97 Å². The van der Waals surface area contributed by atoms with Gasteiger partial charge in [-0.05, 0) is 33.2 Å². The van der Waals surface area contributed by atoms with Gasteiger partial charge >= 0.3 is 5.97 Å². The number of hydrogen-bond acceptors (Lipinski definition) is 4. The van der Waals surface area contributed by atoms with Gasteiger partial charge in [0.2, 0.25) is 0 Å². The minimum Gasteiger partial charge on any atom is -0.468 e. The highest BCUT2D eigenvalue weighted by molar-refractivity contribution is 5.82. The molecule has 0 bridgehead atoms. The van der Waals surface area contributed by atoms with Crippen LogP contribution in [-0.4, -0.2) is 49.2 Å². The van der Waals surface area contributed by atoms with Crippen molar-refractivity contribution in [1.29, 1.82) is 0 Å². The summed E-state index contributed by atoms with van der Waals surface area (Å²) in [5.41, 5.74) is -0.454. The predicted octanol–water partition coefficient (Wildman–Crippen LogP) is 0.374. The highest BCUT2D eigenvalue weighted by Gasteiger charge is 2.49. The fourth-order valence-corrected chi connectivity index (χ4v) is 2.43. The van der Waals surface area contributed by atoms with Gasteiger partial charge in [-0.15, -0.1) is 0 Å². The van der Waals surface area contributed by atoms with Gasteiger partial charge in [0.25, 0.3) is 0 Å². The third-order valence-electron chi connectivity index (χ3n) is 3.55. The zero-order valence-electron chi connectivity index (χ0n) is 9.75. The topological polar surface area (TPSA) is 41.6 Å². The molecule has 2 aliphatic rings. The summed E-state index contributed by atoms with van der Waals surface area (Å²) in [4.78, 5) is 14.1. The third-order valence-corrected chi connectivity index (χ3v) is 3.55. The molecule has 15 heavy (non-hydrogen) atoms. The molecule has 86 valence electrons. The number of methoxy groups -OCH3 is 1. The third kappa shape index (κ3) is 2.01. The monoisotopic (exact) mass is 212 g/mol. The standard InChI is InChI=1S/C11H20N2O2/c1-8-6-11(7-13(8)2,10(14)15-3)12-9-4-5-9/h8-9,12H,4-7H2,1-3H3. The van der Waals surface area contributed by atoms with Gasteiger partial charge in [0.1, 0.15) is 5.54 Å². The zero-order chi connectivity index (χ0) is 11.1. The molecule has 2 rings (SSSR count). The maximum atomic E-state index is 11.9. The molecule has 0 amide bonds. The van der Waals surface area contributed by atoms with Crippen molar-refractivity contribution in [3.63, 3.8) is 0 Å². The van der Waals surface area contributed by atoms with E-state index in [0.29, 0.717) is 12.1 Å². The average Bonchev–Trinajstić information content (AvgIpc) is 2.94. The first-order valence-electron chi connectivity index (χ1n) is 5.64. The lowest BCUT2D eigenvalue weighted by Crippen LogP contribution is -2.55. The minimum absolute atomic E-state index is 0.106. The van der Waals surface area contributed by atoms with Crippen molar-refractivity contribution in [3.8, 4) is 0 Å². The van der Waals surface area contributed by atoms with Gasteiger partial charge in [-0.25, -0.2) is 0 Å². The van der Waals surface area contributed by atoms with E-state index in [4.69, 9.17) is 4.74 Å². The van der Waals surface area contributed by atoms with Gasteiger partial charge in [0.15, 0.2) is 0 Å². The Kier molecular flexibility index (Phi) is 2.73. The minimum atomic E-state index is -0.454. The number of carbonyl (C=O) groups excluding carboxylic acids is 1. The van der Waals surface area contributed by atoms with Crippen LogP contribution in [0.3, 0.4) is 0 Å². The molecule has 0 aromatic carbocycles. The highest BCUT2D eigenvalue weighted by atomic mass is 16.5. The van der Waals surface area contributed by atoms with Crippen molar-refractivity contribution >= 4 is 5.97 Å². The van der Waals surface area contributed by atoms with E-state index in [1.54, 1.807) is 0 Å². The molecule has 4 nitrogen and oxygen atoms in total. The van der Waals surface area contributed by atoms with Crippen LogP contribution < -0.4 is 5.32 Å². The van der Waals surface area contributed by atoms with Crippen LogP contribution in [0.4, 0.5) is 0 Å². The SMILES string of the molecule is COC(=O)C1(NC2CC2)CC(C)N(C)C1. The number of esters is 1. The summed E-state index contributed by atoms with van der Waals surface area (Å²) >= 11 is 0. The Morgan fingerprint density at radius 2 is 2.20 bits per heavy atom. The van der Waals surface area contributed by atoms with Crippen molar-refractivity contribution < 1.29 is 9.53 Å². The normalized spacial score (nSPS) is 36.9. The molecule has 0 aromatic rings. The van der Waals surface area contributed by atoms with Crippen molar-refractivity contribution in [1.82, 2.24) is 10.2 Å². The summed E-state index contributed by atoms with van der Waals surface area (Å²) in [6, 6.07) is 0.971. The Morgan fingerprint density at radius 1 is 1.53 bits per heavy atom. The molecule has 1 aliphatic carbocycles. The van der Waals surface area contributed by atoms with E-state index in [1.807, 2.05) is 0 Å². The molecule has 0 aromatic heterocycles. The predicted molar refractivity (Wildman–Crippen MR) is 57.6 cm³/mol. The van der Waals surface area contributed by atoms with Crippen molar-refractivity contribution in [3.05, 3.63) is 0 Å². The Morgan fingerprint density at radius 3 is 2.60 bits per heavy atom. The molecule has 0 spiro atoms. The fraction of sp³-hybridized carbons (Fsp3) is 0.909. The highest BCUT2D eigenvalue weighted by Crippen LogP contribution is 2.31. The van der Waals surface area contributed by atoms with Gasteiger partial charge < -0.3 is 9.64 Å².